The number of methoxy groups -OCH3 is 1. The molecule has 0 aliphatic heterocycles. The van der Waals surface area contributed by atoms with Gasteiger partial charge < -0.3 is 20.1 Å². The second-order valence-corrected chi connectivity index (χ2v) is 5.25. The number of thioether (sulfide) groups is 1. The van der Waals surface area contributed by atoms with Crippen LogP contribution >= 0.6 is 11.8 Å². The van der Waals surface area contributed by atoms with Crippen molar-refractivity contribution in [1.82, 2.24) is 10.6 Å². The minimum absolute atomic E-state index is 0.157. The van der Waals surface area contributed by atoms with Crippen LogP contribution in [-0.2, 0) is 14.3 Å². The molecule has 1 aromatic carbocycles. The Morgan fingerprint density at radius 1 is 1.17 bits per heavy atom. The number of esters is 1. The number of carbonyl (C=O) groups is 3. The fourth-order valence-corrected chi connectivity index (χ4v) is 2.09. The minimum atomic E-state index is -0.664. The smallest absolute Gasteiger partial charge is 0.342 e. The predicted octanol–water partition coefficient (Wildman–Crippen LogP) is 0.826. The molecule has 2 N–H and O–H groups in total. The van der Waals surface area contributed by atoms with E-state index in [0.29, 0.717) is 12.3 Å². The van der Waals surface area contributed by atoms with Crippen molar-refractivity contribution in [1.29, 1.82) is 0 Å². The van der Waals surface area contributed by atoms with Crippen molar-refractivity contribution in [3.63, 3.8) is 0 Å². The van der Waals surface area contributed by atoms with E-state index in [1.54, 1.807) is 25.1 Å². The van der Waals surface area contributed by atoms with E-state index < -0.39 is 18.5 Å². The highest BCUT2D eigenvalue weighted by atomic mass is 32.2. The molecule has 0 bridgehead atoms. The lowest BCUT2D eigenvalue weighted by Crippen LogP contribution is -2.38. The fourth-order valence-electron chi connectivity index (χ4n) is 1.67. The van der Waals surface area contributed by atoms with Gasteiger partial charge in [-0.25, -0.2) is 4.79 Å². The summed E-state index contributed by atoms with van der Waals surface area (Å²) in [5.41, 5.74) is 0.238. The maximum Gasteiger partial charge on any atom is 0.342 e. The molecule has 0 unspecified atom stereocenters. The summed E-state index contributed by atoms with van der Waals surface area (Å²) < 4.78 is 10.1. The number of rotatable bonds is 8. The SMILES string of the molecule is CCNC(=O)CNC(=O)COC(=O)c1ccc(SC)cc1OC. The van der Waals surface area contributed by atoms with Crippen molar-refractivity contribution < 1.29 is 23.9 Å². The van der Waals surface area contributed by atoms with Crippen molar-refractivity contribution in [2.75, 3.05) is 33.1 Å². The zero-order valence-corrected chi connectivity index (χ0v) is 14.1. The molecular weight excluding hydrogens is 320 g/mol. The van der Waals surface area contributed by atoms with Gasteiger partial charge in [0.2, 0.25) is 5.91 Å². The standard InChI is InChI=1S/C15H20N2O5S/c1-4-16-13(18)8-17-14(19)9-22-15(20)11-6-5-10(23-3)7-12(11)21-2/h5-7H,4,8-9H2,1-3H3,(H,16,18)(H,17,19). The van der Waals surface area contributed by atoms with Gasteiger partial charge in [-0.15, -0.1) is 11.8 Å². The largest absolute Gasteiger partial charge is 0.496 e. The van der Waals surface area contributed by atoms with Crippen LogP contribution in [0.25, 0.3) is 0 Å². The summed E-state index contributed by atoms with van der Waals surface area (Å²) in [4.78, 5) is 35.7. The van der Waals surface area contributed by atoms with Crippen molar-refractivity contribution in [3.05, 3.63) is 23.8 Å². The average molecular weight is 340 g/mol. The van der Waals surface area contributed by atoms with Crippen LogP contribution in [0.15, 0.2) is 23.1 Å². The monoisotopic (exact) mass is 340 g/mol. The van der Waals surface area contributed by atoms with Gasteiger partial charge in [0.25, 0.3) is 5.91 Å². The summed E-state index contributed by atoms with van der Waals surface area (Å²) in [6, 6.07) is 5.06. The van der Waals surface area contributed by atoms with E-state index in [-0.39, 0.29) is 18.0 Å². The Bertz CT molecular complexity index is 577. The Hall–Kier alpha value is -2.22. The molecule has 0 fully saturated rings. The molecule has 0 saturated heterocycles. The zero-order valence-electron chi connectivity index (χ0n) is 13.3. The minimum Gasteiger partial charge on any atom is -0.496 e. The summed E-state index contributed by atoms with van der Waals surface area (Å²) in [6.45, 7) is 1.63. The molecule has 0 spiro atoms. The maximum atomic E-state index is 12.0. The number of nitrogens with one attached hydrogen (secondary N) is 2. The fraction of sp³-hybridized carbons (Fsp3) is 0.400. The van der Waals surface area contributed by atoms with Gasteiger partial charge in [-0.2, -0.15) is 0 Å². The number of amides is 2. The highest BCUT2D eigenvalue weighted by molar-refractivity contribution is 7.98. The first-order valence-corrected chi connectivity index (χ1v) is 8.16. The maximum absolute atomic E-state index is 12.0. The molecule has 2 amide bonds. The molecule has 7 nitrogen and oxygen atoms in total. The third-order valence-electron chi connectivity index (χ3n) is 2.78. The van der Waals surface area contributed by atoms with E-state index in [2.05, 4.69) is 10.6 Å². The first kappa shape index (κ1) is 18.8. The first-order chi connectivity index (χ1) is 11.0. The normalized spacial score (nSPS) is 9.87. The lowest BCUT2D eigenvalue weighted by Gasteiger charge is -2.10. The molecule has 0 aliphatic rings. The number of ether oxygens (including phenoxy) is 2. The highest BCUT2D eigenvalue weighted by Gasteiger charge is 2.16. The van der Waals surface area contributed by atoms with Gasteiger partial charge in [0.1, 0.15) is 11.3 Å². The van der Waals surface area contributed by atoms with Gasteiger partial charge >= 0.3 is 5.97 Å². The summed E-state index contributed by atoms with van der Waals surface area (Å²) in [5, 5.41) is 4.90. The van der Waals surface area contributed by atoms with Crippen molar-refractivity contribution in [2.24, 2.45) is 0 Å². The van der Waals surface area contributed by atoms with Crippen LogP contribution in [0.5, 0.6) is 5.75 Å². The number of likely N-dealkylation sites (N-methyl/N-ethyl adjacent to an activating group) is 1. The molecule has 1 rings (SSSR count). The Balaban J connectivity index is 2.53. The van der Waals surface area contributed by atoms with Crippen LogP contribution in [0.2, 0.25) is 0 Å². The van der Waals surface area contributed by atoms with Gasteiger partial charge in [-0.1, -0.05) is 0 Å². The van der Waals surface area contributed by atoms with Gasteiger partial charge in [0.15, 0.2) is 6.61 Å². The number of benzene rings is 1. The van der Waals surface area contributed by atoms with E-state index in [4.69, 9.17) is 9.47 Å². The van der Waals surface area contributed by atoms with Gasteiger partial charge in [0.05, 0.1) is 13.7 Å². The molecule has 1 aromatic rings. The molecule has 0 aliphatic carbocycles. The van der Waals surface area contributed by atoms with Crippen LogP contribution in [-0.4, -0.2) is 50.8 Å². The van der Waals surface area contributed by atoms with Crippen molar-refractivity contribution >= 4 is 29.5 Å². The van der Waals surface area contributed by atoms with Crippen LogP contribution < -0.4 is 15.4 Å². The van der Waals surface area contributed by atoms with Gasteiger partial charge in [-0.3, -0.25) is 9.59 Å². The molecule has 8 heteroatoms. The third-order valence-corrected chi connectivity index (χ3v) is 3.51. The van der Waals surface area contributed by atoms with E-state index >= 15 is 0 Å². The molecule has 0 heterocycles. The van der Waals surface area contributed by atoms with E-state index in [9.17, 15) is 14.4 Å². The second kappa shape index (κ2) is 9.73. The molecule has 0 saturated carbocycles. The number of hydrogen-bond acceptors (Lipinski definition) is 6. The average Bonchev–Trinajstić information content (AvgIpc) is 2.57. The first-order valence-electron chi connectivity index (χ1n) is 6.94. The van der Waals surface area contributed by atoms with Crippen LogP contribution in [0, 0.1) is 0 Å². The Labute approximate surface area is 139 Å². The van der Waals surface area contributed by atoms with Crippen LogP contribution in [0.1, 0.15) is 17.3 Å². The predicted molar refractivity (Wildman–Crippen MR) is 86.8 cm³/mol. The van der Waals surface area contributed by atoms with Crippen LogP contribution in [0.3, 0.4) is 0 Å². The second-order valence-electron chi connectivity index (χ2n) is 4.37. The van der Waals surface area contributed by atoms with E-state index in [1.165, 1.54) is 18.9 Å². The quantitative estimate of drug-likeness (QED) is 0.538. The lowest BCUT2D eigenvalue weighted by molar-refractivity contribution is -0.127. The molecule has 0 atom stereocenters. The van der Waals surface area contributed by atoms with Crippen molar-refractivity contribution in [2.45, 2.75) is 11.8 Å². The van der Waals surface area contributed by atoms with E-state index in [1.807, 2.05) is 6.26 Å². The van der Waals surface area contributed by atoms with E-state index in [0.717, 1.165) is 4.90 Å². The summed E-state index contributed by atoms with van der Waals surface area (Å²) in [7, 11) is 1.45. The lowest BCUT2D eigenvalue weighted by atomic mass is 10.2. The summed E-state index contributed by atoms with van der Waals surface area (Å²) in [5.74, 6) is -1.14. The van der Waals surface area contributed by atoms with Crippen molar-refractivity contribution in [3.8, 4) is 5.75 Å². The van der Waals surface area contributed by atoms with Crippen LogP contribution in [0.4, 0.5) is 0 Å². The Morgan fingerprint density at radius 3 is 2.52 bits per heavy atom. The molecule has 0 aromatic heterocycles. The highest BCUT2D eigenvalue weighted by Crippen LogP contribution is 2.25. The molecule has 23 heavy (non-hydrogen) atoms. The van der Waals surface area contributed by atoms with Gasteiger partial charge in [0, 0.05) is 11.4 Å². The number of hydrogen-bond donors (Lipinski definition) is 2. The number of carbonyl (C=O) groups excluding carboxylic acids is 3. The molecule has 0 radical (unpaired) electrons. The zero-order chi connectivity index (χ0) is 17.2. The Kier molecular flexibility index (Phi) is 7.96. The van der Waals surface area contributed by atoms with Gasteiger partial charge in [-0.05, 0) is 31.4 Å². The molecular formula is C15H20N2O5S. The topological polar surface area (TPSA) is 93.7 Å². The summed E-state index contributed by atoms with van der Waals surface area (Å²) in [6.07, 6.45) is 1.91. The third kappa shape index (κ3) is 6.19. The molecule has 126 valence electrons. The Morgan fingerprint density at radius 2 is 1.91 bits per heavy atom. The summed E-state index contributed by atoms with van der Waals surface area (Å²) >= 11 is 1.52.